The van der Waals surface area contributed by atoms with Crippen LogP contribution in [0.4, 0.5) is 17.1 Å². The van der Waals surface area contributed by atoms with E-state index in [0.717, 1.165) is 36.1 Å². The fourth-order valence-corrected chi connectivity index (χ4v) is 6.01. The standard InChI is InChI=1S/C20H18ClN3O4/c21-16-5-3-12(23(25)26)8-14(16)20-19-11-2-1-10(7-11)18(19)15-9-13(24(27)28)4-6-17(15)22-20/h3-6,8-11,18-20,22H,1-2,7H2. The van der Waals surface area contributed by atoms with Crippen molar-refractivity contribution in [3.05, 3.63) is 72.8 Å². The maximum atomic E-state index is 11.3. The number of rotatable bonds is 3. The van der Waals surface area contributed by atoms with E-state index in [9.17, 15) is 20.2 Å². The van der Waals surface area contributed by atoms with Gasteiger partial charge in [-0.15, -0.1) is 0 Å². The molecule has 28 heavy (non-hydrogen) atoms. The van der Waals surface area contributed by atoms with Crippen molar-refractivity contribution in [1.29, 1.82) is 0 Å². The first-order valence-corrected chi connectivity index (χ1v) is 9.80. The van der Waals surface area contributed by atoms with E-state index in [1.54, 1.807) is 24.3 Å². The lowest BCUT2D eigenvalue weighted by molar-refractivity contribution is -0.385. The van der Waals surface area contributed by atoms with E-state index in [1.165, 1.54) is 12.1 Å². The number of non-ortho nitro benzene ring substituents is 2. The minimum absolute atomic E-state index is 0.0235. The Balaban J connectivity index is 1.65. The smallest absolute Gasteiger partial charge is 0.269 e. The molecule has 0 spiro atoms. The highest BCUT2D eigenvalue weighted by Gasteiger charge is 2.54. The van der Waals surface area contributed by atoms with Gasteiger partial charge in [0.05, 0.1) is 15.9 Å². The molecule has 2 aromatic rings. The van der Waals surface area contributed by atoms with Gasteiger partial charge >= 0.3 is 0 Å². The second-order valence-electron chi connectivity index (χ2n) is 8.05. The molecule has 5 unspecified atom stereocenters. The lowest BCUT2D eigenvalue weighted by Crippen LogP contribution is -2.35. The molecular formula is C20H18ClN3O4. The number of halogens is 1. The summed E-state index contributed by atoms with van der Waals surface area (Å²) in [5.41, 5.74) is 2.74. The van der Waals surface area contributed by atoms with Crippen LogP contribution in [0.15, 0.2) is 36.4 Å². The number of nitro benzene ring substituents is 2. The van der Waals surface area contributed by atoms with Crippen LogP contribution in [0.1, 0.15) is 42.3 Å². The van der Waals surface area contributed by atoms with Gasteiger partial charge in [0.15, 0.2) is 0 Å². The van der Waals surface area contributed by atoms with Crippen molar-refractivity contribution in [2.75, 3.05) is 5.32 Å². The molecule has 5 atom stereocenters. The quantitative estimate of drug-likeness (QED) is 0.546. The van der Waals surface area contributed by atoms with E-state index < -0.39 is 4.92 Å². The summed E-state index contributed by atoms with van der Waals surface area (Å²) < 4.78 is 0. The topological polar surface area (TPSA) is 98.3 Å². The summed E-state index contributed by atoms with van der Waals surface area (Å²) in [6, 6.07) is 9.40. The highest BCUT2D eigenvalue weighted by molar-refractivity contribution is 6.31. The van der Waals surface area contributed by atoms with Crippen molar-refractivity contribution >= 4 is 28.7 Å². The normalized spacial score (nSPS) is 29.7. The summed E-state index contributed by atoms with van der Waals surface area (Å²) in [5.74, 6) is 1.44. The molecule has 2 saturated carbocycles. The van der Waals surface area contributed by atoms with Crippen LogP contribution in [0, 0.1) is 38.0 Å². The number of hydrogen-bond acceptors (Lipinski definition) is 5. The average molecular weight is 400 g/mol. The molecule has 0 amide bonds. The Hall–Kier alpha value is -2.67. The molecule has 1 N–H and O–H groups in total. The molecule has 0 radical (unpaired) electrons. The zero-order valence-electron chi connectivity index (χ0n) is 14.9. The Morgan fingerprint density at radius 1 is 0.929 bits per heavy atom. The summed E-state index contributed by atoms with van der Waals surface area (Å²) in [6.07, 6.45) is 3.35. The van der Waals surface area contributed by atoms with Crippen molar-refractivity contribution in [3.63, 3.8) is 0 Å². The number of hydrogen-bond donors (Lipinski definition) is 1. The minimum atomic E-state index is -0.405. The van der Waals surface area contributed by atoms with Gasteiger partial charge in [-0.05, 0) is 60.6 Å². The van der Waals surface area contributed by atoms with Crippen LogP contribution >= 0.6 is 11.6 Å². The molecule has 2 fully saturated rings. The number of nitrogens with zero attached hydrogens (tertiary/aromatic N) is 2. The van der Waals surface area contributed by atoms with Gasteiger partial charge in [-0.3, -0.25) is 20.2 Å². The third kappa shape index (κ3) is 2.49. The third-order valence-corrected chi connectivity index (χ3v) is 7.15. The second-order valence-corrected chi connectivity index (χ2v) is 8.46. The van der Waals surface area contributed by atoms with Gasteiger partial charge in [0.2, 0.25) is 0 Å². The van der Waals surface area contributed by atoms with Gasteiger partial charge in [-0.1, -0.05) is 11.6 Å². The van der Waals surface area contributed by atoms with Crippen LogP contribution < -0.4 is 5.32 Å². The molecule has 2 aromatic carbocycles. The summed E-state index contributed by atoms with van der Waals surface area (Å²) in [5, 5.41) is 26.6. The fourth-order valence-electron chi connectivity index (χ4n) is 5.78. The molecule has 8 heteroatoms. The summed E-state index contributed by atoms with van der Waals surface area (Å²) in [4.78, 5) is 21.8. The number of nitro groups is 2. The Bertz CT molecular complexity index is 1010. The van der Waals surface area contributed by atoms with Crippen molar-refractivity contribution in [2.45, 2.75) is 31.2 Å². The lowest BCUT2D eigenvalue weighted by Gasteiger charge is -2.43. The van der Waals surface area contributed by atoms with E-state index in [0.29, 0.717) is 16.9 Å². The van der Waals surface area contributed by atoms with Gasteiger partial charge in [0, 0.05) is 40.5 Å². The largest absolute Gasteiger partial charge is 0.378 e. The third-order valence-electron chi connectivity index (χ3n) is 6.81. The van der Waals surface area contributed by atoms with E-state index in [2.05, 4.69) is 5.32 Å². The van der Waals surface area contributed by atoms with E-state index in [-0.39, 0.29) is 34.2 Å². The number of fused-ring (bicyclic) bond motifs is 7. The monoisotopic (exact) mass is 399 g/mol. The highest BCUT2D eigenvalue weighted by Crippen LogP contribution is 2.64. The summed E-state index contributed by atoms with van der Waals surface area (Å²) in [6.45, 7) is 0. The van der Waals surface area contributed by atoms with Crippen LogP contribution in [0.2, 0.25) is 5.02 Å². The molecular weight excluding hydrogens is 382 g/mol. The Labute approximate surface area is 166 Å². The first-order valence-electron chi connectivity index (χ1n) is 9.42. The molecule has 2 aliphatic carbocycles. The maximum absolute atomic E-state index is 11.3. The zero-order chi connectivity index (χ0) is 19.6. The van der Waals surface area contributed by atoms with Gasteiger partial charge in [-0.25, -0.2) is 0 Å². The molecule has 1 heterocycles. The van der Waals surface area contributed by atoms with Gasteiger partial charge in [0.1, 0.15) is 0 Å². The van der Waals surface area contributed by atoms with E-state index in [4.69, 9.17) is 11.6 Å². The predicted molar refractivity (Wildman–Crippen MR) is 105 cm³/mol. The molecule has 144 valence electrons. The zero-order valence-corrected chi connectivity index (χ0v) is 15.6. The maximum Gasteiger partial charge on any atom is 0.269 e. The van der Waals surface area contributed by atoms with Gasteiger partial charge in [-0.2, -0.15) is 0 Å². The van der Waals surface area contributed by atoms with Crippen molar-refractivity contribution in [2.24, 2.45) is 17.8 Å². The van der Waals surface area contributed by atoms with E-state index in [1.807, 2.05) is 0 Å². The van der Waals surface area contributed by atoms with Crippen molar-refractivity contribution in [1.82, 2.24) is 0 Å². The van der Waals surface area contributed by atoms with Crippen LogP contribution in [-0.2, 0) is 0 Å². The Morgan fingerprint density at radius 3 is 2.29 bits per heavy atom. The molecule has 0 saturated heterocycles. The SMILES string of the molecule is O=[N+]([O-])c1ccc(Cl)c(C2Nc3ccc([N+](=O)[O-])cc3C3C4CCC(C4)C23)c1. The first kappa shape index (κ1) is 17.4. The number of nitrogens with one attached hydrogen (secondary N) is 1. The summed E-state index contributed by atoms with van der Waals surface area (Å²) in [7, 11) is 0. The van der Waals surface area contributed by atoms with Crippen LogP contribution in [0.5, 0.6) is 0 Å². The van der Waals surface area contributed by atoms with Crippen LogP contribution in [0.3, 0.4) is 0 Å². The van der Waals surface area contributed by atoms with Crippen molar-refractivity contribution < 1.29 is 9.85 Å². The molecule has 2 bridgehead atoms. The first-order chi connectivity index (χ1) is 13.4. The minimum Gasteiger partial charge on any atom is -0.378 e. The fraction of sp³-hybridized carbons (Fsp3) is 0.400. The number of anilines is 1. The van der Waals surface area contributed by atoms with Crippen LogP contribution in [-0.4, -0.2) is 9.85 Å². The average Bonchev–Trinajstić information content (AvgIpc) is 3.29. The van der Waals surface area contributed by atoms with Gasteiger partial charge < -0.3 is 5.32 Å². The van der Waals surface area contributed by atoms with Crippen molar-refractivity contribution in [3.8, 4) is 0 Å². The number of benzene rings is 2. The second kappa shape index (κ2) is 6.17. The van der Waals surface area contributed by atoms with E-state index >= 15 is 0 Å². The molecule has 3 aliphatic rings. The molecule has 7 nitrogen and oxygen atoms in total. The molecule has 1 aliphatic heterocycles. The molecule has 0 aromatic heterocycles. The van der Waals surface area contributed by atoms with Crippen LogP contribution in [0.25, 0.3) is 0 Å². The highest BCUT2D eigenvalue weighted by atomic mass is 35.5. The summed E-state index contributed by atoms with van der Waals surface area (Å²) >= 11 is 6.47. The lowest BCUT2D eigenvalue weighted by atomic mass is 9.68. The Kier molecular flexibility index (Phi) is 3.84. The Morgan fingerprint density at radius 2 is 1.57 bits per heavy atom. The predicted octanol–water partition coefficient (Wildman–Crippen LogP) is 5.45. The molecule has 5 rings (SSSR count). The van der Waals surface area contributed by atoms with Gasteiger partial charge in [0.25, 0.3) is 11.4 Å².